The molecule has 3 aromatic rings. The largest absolute Gasteiger partial charge is 0.459 e. The van der Waals surface area contributed by atoms with Gasteiger partial charge in [-0.1, -0.05) is 94.4 Å². The van der Waals surface area contributed by atoms with Crippen molar-refractivity contribution in [3.63, 3.8) is 0 Å². The van der Waals surface area contributed by atoms with Crippen LogP contribution in [0.25, 0.3) is 17.5 Å². The number of nitrogens with zero attached hydrogens (tertiary/aromatic N) is 3. The summed E-state index contributed by atoms with van der Waals surface area (Å²) in [6.45, 7) is 13.1. The lowest BCUT2D eigenvalue weighted by Crippen LogP contribution is -2.61. The minimum Gasteiger partial charge on any atom is -0.459 e. The first kappa shape index (κ1) is 54.5. The number of carbonyl (C=O) groups excluding carboxylic acids is 5. The first-order valence-corrected chi connectivity index (χ1v) is 24.5. The number of benzene rings is 2. The molecule has 18 nitrogen and oxygen atoms in total. The van der Waals surface area contributed by atoms with Crippen molar-refractivity contribution in [2.75, 3.05) is 27.2 Å². The van der Waals surface area contributed by atoms with Crippen LogP contribution in [0.4, 0.5) is 9.59 Å². The molecular formula is C53H71N5O13. The van der Waals surface area contributed by atoms with Gasteiger partial charge in [0.05, 0.1) is 24.7 Å². The number of esters is 2. The summed E-state index contributed by atoms with van der Waals surface area (Å²) in [4.78, 5) is 81.0. The quantitative estimate of drug-likeness (QED) is 0.119. The number of cyclic esters (lactones) is 1. The molecule has 3 N–H and O–H groups in total. The lowest BCUT2D eigenvalue weighted by atomic mass is 9.73. The van der Waals surface area contributed by atoms with Crippen molar-refractivity contribution in [2.24, 2.45) is 23.7 Å². The van der Waals surface area contributed by atoms with Gasteiger partial charge >= 0.3 is 24.1 Å². The Morgan fingerprint density at radius 1 is 0.958 bits per heavy atom. The van der Waals surface area contributed by atoms with E-state index in [-0.39, 0.29) is 31.8 Å². The molecule has 0 radical (unpaired) electrons. The number of fused-ring (bicyclic) bond motifs is 1. The summed E-state index contributed by atoms with van der Waals surface area (Å²) in [6.07, 6.45) is -0.941. The van der Waals surface area contributed by atoms with E-state index in [4.69, 9.17) is 33.2 Å². The second kappa shape index (κ2) is 24.1. The standard InChI is InChI=1S/C53H71N5O13/c1-11-40-53(8)45(57-51(64)71-53)33(4)42(60)31(2)28-52(7,70-50(63)56-24-15-19-36-20-22-38(23-21-36)47-54-25-16-26-55-47)46(69-49-43(61)39(58(9)10)27-32(3)66-49)34(5)44(35(6)48(62)67-40)68-41(59)30-65-29-37-17-13-12-14-18-37/h12-23,25-26,31-35,39-40,43-46,49,61H,11,24,27-30H2,1-10H3,(H,56,63)(H,57,64)/b19-15+/t31-,32-,33+,34+,35-,39+,40-,43-,44+,45-,46-,49+,52-,53-/m1/s1. The van der Waals surface area contributed by atoms with E-state index in [2.05, 4.69) is 20.6 Å². The summed E-state index contributed by atoms with van der Waals surface area (Å²) in [7, 11) is 3.66. The van der Waals surface area contributed by atoms with Crippen LogP contribution in [-0.4, -0.2) is 137 Å². The van der Waals surface area contributed by atoms with E-state index in [0.29, 0.717) is 12.2 Å². The number of ether oxygens (including phenoxy) is 7. The Bertz CT molecular complexity index is 2300. The van der Waals surface area contributed by atoms with Crippen molar-refractivity contribution >= 4 is 36.0 Å². The maximum atomic E-state index is 14.8. The van der Waals surface area contributed by atoms with Crippen LogP contribution in [0.5, 0.6) is 0 Å². The zero-order valence-corrected chi connectivity index (χ0v) is 42.4. The zero-order valence-electron chi connectivity index (χ0n) is 42.4. The highest BCUT2D eigenvalue weighted by Gasteiger charge is 2.58. The molecular weight excluding hydrogens is 915 g/mol. The molecule has 3 saturated heterocycles. The van der Waals surface area contributed by atoms with E-state index in [0.717, 1.165) is 16.7 Å². The fourth-order valence-electron chi connectivity index (χ4n) is 10.2. The van der Waals surface area contributed by atoms with Crippen LogP contribution < -0.4 is 10.6 Å². The molecule has 3 fully saturated rings. The van der Waals surface area contributed by atoms with E-state index < -0.39 is 114 Å². The molecule has 71 heavy (non-hydrogen) atoms. The van der Waals surface area contributed by atoms with Crippen LogP contribution in [0.3, 0.4) is 0 Å². The number of aromatic nitrogens is 2. The van der Waals surface area contributed by atoms with Gasteiger partial charge in [-0.2, -0.15) is 0 Å². The SMILES string of the molecule is CC[C@H]1OC(=O)[C@H](C)[C@@H](OC(=O)COCc2ccccc2)[C@H](C)[C@@H](O[C@@H]2O[C@H](C)C[C@H](N(C)C)[C@H]2O)[C@](C)(OC(=O)NC/C=C/c2ccc(-c3ncccn3)cc2)C[C@@H](C)C(=O)[C@H](C)[C@H]2NC(=O)O[C@@]21C. The number of ketones is 1. The summed E-state index contributed by atoms with van der Waals surface area (Å²) in [5, 5.41) is 17.5. The average Bonchev–Trinajstić information content (AvgIpc) is 3.66. The number of amides is 2. The molecule has 3 aliphatic rings. The van der Waals surface area contributed by atoms with Crippen molar-refractivity contribution < 1.29 is 62.2 Å². The molecule has 14 atom stereocenters. The topological polar surface area (TPSA) is 223 Å². The van der Waals surface area contributed by atoms with Crippen LogP contribution in [0.2, 0.25) is 0 Å². The maximum Gasteiger partial charge on any atom is 0.408 e. The molecule has 4 heterocycles. The van der Waals surface area contributed by atoms with E-state index in [1.807, 2.05) is 86.6 Å². The molecule has 3 aliphatic heterocycles. The van der Waals surface area contributed by atoms with Crippen molar-refractivity contribution in [1.82, 2.24) is 25.5 Å². The Morgan fingerprint density at radius 2 is 1.65 bits per heavy atom. The fourth-order valence-corrected chi connectivity index (χ4v) is 10.2. The summed E-state index contributed by atoms with van der Waals surface area (Å²) >= 11 is 0. The van der Waals surface area contributed by atoms with Crippen molar-refractivity contribution in [1.29, 1.82) is 0 Å². The number of Topliss-reactive ketones (excluding diaryl/α,β-unsaturated/α-hetero) is 1. The maximum absolute atomic E-state index is 14.8. The summed E-state index contributed by atoms with van der Waals surface area (Å²) in [5.41, 5.74) is -0.773. The van der Waals surface area contributed by atoms with E-state index in [9.17, 15) is 29.1 Å². The van der Waals surface area contributed by atoms with Gasteiger partial charge in [-0.25, -0.2) is 24.4 Å². The first-order chi connectivity index (χ1) is 33.7. The van der Waals surface area contributed by atoms with Gasteiger partial charge in [-0.15, -0.1) is 0 Å². The smallest absolute Gasteiger partial charge is 0.408 e. The number of likely N-dealkylation sites (N-methyl/N-ethyl adjacent to an activating group) is 1. The van der Waals surface area contributed by atoms with Gasteiger partial charge in [0.15, 0.2) is 17.7 Å². The first-order valence-electron chi connectivity index (χ1n) is 24.5. The number of nitrogens with one attached hydrogen (secondary N) is 2. The molecule has 0 bridgehead atoms. The highest BCUT2D eigenvalue weighted by molar-refractivity contribution is 5.85. The predicted molar refractivity (Wildman–Crippen MR) is 261 cm³/mol. The zero-order chi connectivity index (χ0) is 51.6. The van der Waals surface area contributed by atoms with E-state index in [1.165, 1.54) is 0 Å². The summed E-state index contributed by atoms with van der Waals surface area (Å²) < 4.78 is 43.7. The molecule has 386 valence electrons. The highest BCUT2D eigenvalue weighted by Crippen LogP contribution is 2.42. The third-order valence-electron chi connectivity index (χ3n) is 14.0. The van der Waals surface area contributed by atoms with Gasteiger partial charge in [-0.3, -0.25) is 9.59 Å². The second-order valence-corrected chi connectivity index (χ2v) is 19.7. The minimum absolute atomic E-state index is 0.0299. The third-order valence-corrected chi connectivity index (χ3v) is 14.0. The predicted octanol–water partition coefficient (Wildman–Crippen LogP) is 6.29. The molecule has 1 aromatic heterocycles. The number of aliphatic hydroxyl groups is 1. The van der Waals surface area contributed by atoms with E-state index >= 15 is 0 Å². The van der Waals surface area contributed by atoms with Crippen LogP contribution in [0.1, 0.15) is 85.8 Å². The summed E-state index contributed by atoms with van der Waals surface area (Å²) in [5.74, 6) is -5.39. The number of rotatable bonds is 14. The Morgan fingerprint density at radius 3 is 2.31 bits per heavy atom. The normalized spacial score (nSPS) is 32.8. The number of aliphatic hydroxyl groups excluding tert-OH is 1. The van der Waals surface area contributed by atoms with E-state index in [1.54, 1.807) is 73.0 Å². The molecule has 2 aromatic carbocycles. The van der Waals surface area contributed by atoms with Gasteiger partial charge < -0.3 is 53.8 Å². The second-order valence-electron chi connectivity index (χ2n) is 19.7. The van der Waals surface area contributed by atoms with Gasteiger partial charge in [0, 0.05) is 48.3 Å². The lowest BCUT2D eigenvalue weighted by molar-refractivity contribution is -0.298. The van der Waals surface area contributed by atoms with Crippen LogP contribution >= 0.6 is 0 Å². The molecule has 2 amide bonds. The Hall–Kier alpha value is -5.79. The lowest BCUT2D eigenvalue weighted by Gasteiger charge is -2.48. The monoisotopic (exact) mass is 986 g/mol. The minimum atomic E-state index is -1.79. The molecule has 0 unspecified atom stereocenters. The van der Waals surface area contributed by atoms with Gasteiger partial charge in [-0.05, 0) is 78.2 Å². The Kier molecular flexibility index (Phi) is 18.5. The molecule has 0 aliphatic carbocycles. The Balaban J connectivity index is 1.38. The van der Waals surface area contributed by atoms with Crippen LogP contribution in [0, 0.1) is 23.7 Å². The summed E-state index contributed by atoms with van der Waals surface area (Å²) in [6, 6.07) is 17.2. The van der Waals surface area contributed by atoms with Crippen molar-refractivity contribution in [3.8, 4) is 11.4 Å². The van der Waals surface area contributed by atoms with Crippen molar-refractivity contribution in [3.05, 3.63) is 90.3 Å². The Labute approximate surface area is 416 Å². The average molecular weight is 986 g/mol. The molecule has 0 spiro atoms. The number of alkyl carbamates (subject to hydrolysis) is 2. The van der Waals surface area contributed by atoms with Crippen LogP contribution in [0.15, 0.2) is 79.1 Å². The number of hydrogen-bond donors (Lipinski definition) is 3. The molecule has 18 heteroatoms. The van der Waals surface area contributed by atoms with Gasteiger partial charge in [0.2, 0.25) is 0 Å². The fraction of sp³-hybridized carbons (Fsp3) is 0.566. The highest BCUT2D eigenvalue weighted by atomic mass is 16.7. The third kappa shape index (κ3) is 13.4. The van der Waals surface area contributed by atoms with Crippen molar-refractivity contribution in [2.45, 2.75) is 141 Å². The molecule has 0 saturated carbocycles. The van der Waals surface area contributed by atoms with Gasteiger partial charge in [0.1, 0.15) is 42.4 Å². The van der Waals surface area contributed by atoms with Gasteiger partial charge in [0.25, 0.3) is 0 Å². The molecule has 6 rings (SSSR count). The van der Waals surface area contributed by atoms with Crippen LogP contribution in [-0.2, 0) is 54.1 Å². The number of carbonyl (C=O) groups is 5. The number of hydrogen-bond acceptors (Lipinski definition) is 16.